The quantitative estimate of drug-likeness (QED) is 0.378. The van der Waals surface area contributed by atoms with Gasteiger partial charge in [-0.1, -0.05) is 17.0 Å². The molecule has 3 rings (SSSR count). The van der Waals surface area contributed by atoms with Gasteiger partial charge < -0.3 is 31.3 Å². The van der Waals surface area contributed by atoms with Crippen LogP contribution >= 0.6 is 0 Å². The van der Waals surface area contributed by atoms with Gasteiger partial charge in [0.15, 0.2) is 5.69 Å². The van der Waals surface area contributed by atoms with Crippen molar-refractivity contribution in [2.75, 3.05) is 23.1 Å². The maximum Gasteiger partial charge on any atom is 0.493 e. The summed E-state index contributed by atoms with van der Waals surface area (Å²) in [5.41, 5.74) is 6.31. The highest BCUT2D eigenvalue weighted by molar-refractivity contribution is 5.99. The number of amides is 3. The molecule has 11 nitrogen and oxygen atoms in total. The zero-order chi connectivity index (χ0) is 25.6. The van der Waals surface area contributed by atoms with Crippen LogP contribution in [0.1, 0.15) is 16.1 Å². The number of halogens is 3. The third kappa shape index (κ3) is 6.86. The van der Waals surface area contributed by atoms with Gasteiger partial charge in [0.2, 0.25) is 0 Å². The lowest BCUT2D eigenvalue weighted by Gasteiger charge is -2.10. The Bertz CT molecular complexity index is 1230. The van der Waals surface area contributed by atoms with E-state index >= 15 is 0 Å². The average molecular weight is 492 g/mol. The Morgan fingerprint density at radius 2 is 1.74 bits per heavy atom. The van der Waals surface area contributed by atoms with Gasteiger partial charge in [0.25, 0.3) is 5.91 Å². The number of ether oxygens (including phenoxy) is 1. The number of rotatable bonds is 8. The predicted octanol–water partition coefficient (Wildman–Crippen LogP) is 2.76. The Morgan fingerprint density at radius 3 is 2.37 bits per heavy atom. The highest BCUT2D eigenvalue weighted by Crippen LogP contribution is 2.19. The van der Waals surface area contributed by atoms with Crippen molar-refractivity contribution in [2.45, 2.75) is 12.7 Å². The molecule has 184 valence electrons. The Hall–Kier alpha value is -4.75. The Labute approximate surface area is 195 Å². The molecule has 1 aromatic heterocycles. The molecule has 0 aliphatic carbocycles. The van der Waals surface area contributed by atoms with E-state index in [1.807, 2.05) is 0 Å². The molecule has 0 atom stereocenters. The summed E-state index contributed by atoms with van der Waals surface area (Å²) in [7, 11) is 1.53. The number of carbonyl (C=O) groups excluding carboxylic acids is 3. The standard InChI is InChI=1S/C21H19F3N6O5/c1-34-15-7-5-13(6-8-15)27-20(33)28-14-4-2-3-12(9-14)10-26-16-11-30(29-17(16)18(25)31)35-19(32)21(22,23)24/h2-9,11,26H,10H2,1H3,(H2,25,31)(H2,27,28,33). The van der Waals surface area contributed by atoms with Crippen LogP contribution in [0.3, 0.4) is 0 Å². The first-order valence-corrected chi connectivity index (χ1v) is 9.79. The maximum atomic E-state index is 12.4. The van der Waals surface area contributed by atoms with E-state index in [9.17, 15) is 27.6 Å². The summed E-state index contributed by atoms with van der Waals surface area (Å²) >= 11 is 0. The van der Waals surface area contributed by atoms with Crippen molar-refractivity contribution in [3.05, 3.63) is 66.0 Å². The Kier molecular flexibility index (Phi) is 7.43. The number of methoxy groups -OCH3 is 1. The van der Waals surface area contributed by atoms with Crippen molar-refractivity contribution in [1.82, 2.24) is 9.94 Å². The van der Waals surface area contributed by atoms with E-state index in [0.717, 1.165) is 6.20 Å². The minimum atomic E-state index is -5.25. The molecule has 0 aliphatic heterocycles. The van der Waals surface area contributed by atoms with Gasteiger partial charge in [-0.2, -0.15) is 13.2 Å². The molecule has 0 spiro atoms. The Morgan fingerprint density at radius 1 is 1.06 bits per heavy atom. The number of nitrogens with two attached hydrogens (primary N) is 1. The van der Waals surface area contributed by atoms with Gasteiger partial charge in [-0.05, 0) is 42.0 Å². The number of nitrogens with one attached hydrogen (secondary N) is 3. The molecule has 0 unspecified atom stereocenters. The monoisotopic (exact) mass is 492 g/mol. The molecule has 0 radical (unpaired) electrons. The molecule has 14 heteroatoms. The van der Waals surface area contributed by atoms with Gasteiger partial charge in [-0.3, -0.25) is 4.79 Å². The van der Waals surface area contributed by atoms with Crippen molar-refractivity contribution < 1.29 is 37.1 Å². The number of alkyl halides is 3. The predicted molar refractivity (Wildman–Crippen MR) is 118 cm³/mol. The number of benzene rings is 2. The van der Waals surface area contributed by atoms with Crippen LogP contribution in [0.4, 0.5) is 35.0 Å². The molecule has 0 saturated carbocycles. The molecule has 3 amide bonds. The summed E-state index contributed by atoms with van der Waals surface area (Å²) in [5.74, 6) is -2.94. The van der Waals surface area contributed by atoms with E-state index in [4.69, 9.17) is 10.5 Å². The molecule has 0 saturated heterocycles. The number of nitrogens with zero attached hydrogens (tertiary/aromatic N) is 2. The molecule has 1 heterocycles. The van der Waals surface area contributed by atoms with Crippen LogP contribution in [-0.4, -0.2) is 41.1 Å². The van der Waals surface area contributed by atoms with E-state index in [0.29, 0.717) is 22.7 Å². The second kappa shape index (κ2) is 10.5. The van der Waals surface area contributed by atoms with Crippen molar-refractivity contribution in [2.24, 2.45) is 5.73 Å². The number of primary amides is 1. The third-order valence-corrected chi connectivity index (χ3v) is 4.35. The van der Waals surface area contributed by atoms with Crippen LogP contribution in [0.2, 0.25) is 0 Å². The first kappa shape index (κ1) is 24.9. The summed E-state index contributed by atoms with van der Waals surface area (Å²) < 4.78 is 42.2. The van der Waals surface area contributed by atoms with Gasteiger partial charge in [-0.25, -0.2) is 9.59 Å². The fourth-order valence-corrected chi connectivity index (χ4v) is 2.77. The SMILES string of the molecule is COc1ccc(NC(=O)Nc2cccc(CNc3cn(OC(=O)C(F)(F)F)nc3C(N)=O)c2)cc1. The molecule has 0 fully saturated rings. The number of hydrogen-bond acceptors (Lipinski definition) is 7. The minimum Gasteiger partial charge on any atom is -0.497 e. The number of urea groups is 1. The molecule has 2 aromatic carbocycles. The van der Waals surface area contributed by atoms with Crippen molar-refractivity contribution in [3.8, 4) is 5.75 Å². The third-order valence-electron chi connectivity index (χ3n) is 4.35. The first-order chi connectivity index (χ1) is 16.5. The molecule has 0 aliphatic rings. The highest BCUT2D eigenvalue weighted by Gasteiger charge is 2.42. The molecular weight excluding hydrogens is 473 g/mol. The smallest absolute Gasteiger partial charge is 0.493 e. The maximum absolute atomic E-state index is 12.4. The van der Waals surface area contributed by atoms with E-state index < -0.39 is 29.8 Å². The number of anilines is 3. The highest BCUT2D eigenvalue weighted by atomic mass is 19.4. The van der Waals surface area contributed by atoms with Gasteiger partial charge in [0.05, 0.1) is 19.0 Å². The molecule has 5 N–H and O–H groups in total. The summed E-state index contributed by atoms with van der Waals surface area (Å²) in [6.07, 6.45) is -4.38. The van der Waals surface area contributed by atoms with E-state index in [2.05, 4.69) is 25.9 Å². The summed E-state index contributed by atoms with van der Waals surface area (Å²) in [6.45, 7) is 0.0643. The van der Waals surface area contributed by atoms with Crippen LogP contribution in [0, 0.1) is 0 Å². The summed E-state index contributed by atoms with van der Waals surface area (Å²) in [6, 6.07) is 12.8. The first-order valence-electron chi connectivity index (χ1n) is 9.79. The lowest BCUT2D eigenvalue weighted by molar-refractivity contribution is -0.201. The Balaban J connectivity index is 1.63. The average Bonchev–Trinajstić information content (AvgIpc) is 3.21. The van der Waals surface area contributed by atoms with Crippen LogP contribution in [0.15, 0.2) is 54.7 Å². The molecular formula is C21H19F3N6O5. The molecule has 3 aromatic rings. The van der Waals surface area contributed by atoms with E-state index in [-0.39, 0.29) is 17.1 Å². The van der Waals surface area contributed by atoms with Crippen LogP contribution in [0.5, 0.6) is 5.75 Å². The lowest BCUT2D eigenvalue weighted by Crippen LogP contribution is -2.33. The fourth-order valence-electron chi connectivity index (χ4n) is 2.77. The van der Waals surface area contributed by atoms with Crippen molar-refractivity contribution in [3.63, 3.8) is 0 Å². The second-order valence-electron chi connectivity index (χ2n) is 6.90. The largest absolute Gasteiger partial charge is 0.497 e. The zero-order valence-corrected chi connectivity index (χ0v) is 18.1. The van der Waals surface area contributed by atoms with Gasteiger partial charge in [-0.15, -0.1) is 5.10 Å². The van der Waals surface area contributed by atoms with E-state index in [1.54, 1.807) is 48.5 Å². The number of hydrogen-bond donors (Lipinski definition) is 4. The molecule has 0 bridgehead atoms. The van der Waals surface area contributed by atoms with Crippen LogP contribution < -0.4 is 31.3 Å². The minimum absolute atomic E-state index is 0.0643. The van der Waals surface area contributed by atoms with Crippen LogP contribution in [0.25, 0.3) is 0 Å². The number of carbonyl (C=O) groups is 3. The van der Waals surface area contributed by atoms with Gasteiger partial charge in [0, 0.05) is 17.9 Å². The second-order valence-corrected chi connectivity index (χ2v) is 6.90. The normalized spacial score (nSPS) is 10.9. The fraction of sp³-hybridized carbons (Fsp3) is 0.143. The lowest BCUT2D eigenvalue weighted by atomic mass is 10.2. The topological polar surface area (TPSA) is 150 Å². The zero-order valence-electron chi connectivity index (χ0n) is 18.1. The summed E-state index contributed by atoms with van der Waals surface area (Å²) in [4.78, 5) is 39.1. The number of aromatic nitrogens is 2. The van der Waals surface area contributed by atoms with Crippen LogP contribution in [-0.2, 0) is 11.3 Å². The van der Waals surface area contributed by atoms with Gasteiger partial charge >= 0.3 is 18.2 Å². The van der Waals surface area contributed by atoms with Crippen molar-refractivity contribution >= 4 is 35.0 Å². The molecule has 35 heavy (non-hydrogen) atoms. The van der Waals surface area contributed by atoms with Gasteiger partial charge in [0.1, 0.15) is 5.75 Å². The van der Waals surface area contributed by atoms with E-state index in [1.165, 1.54) is 7.11 Å². The van der Waals surface area contributed by atoms with Crippen molar-refractivity contribution in [1.29, 1.82) is 0 Å². The summed E-state index contributed by atoms with van der Waals surface area (Å²) in [5, 5.41) is 11.6.